The summed E-state index contributed by atoms with van der Waals surface area (Å²) in [6, 6.07) is 0. The number of carbonyl (C=O) groups excluding carboxylic acids is 3. The lowest BCUT2D eigenvalue weighted by Gasteiger charge is -2.24. The first-order chi connectivity index (χ1) is 5.95. The van der Waals surface area contributed by atoms with Crippen molar-refractivity contribution >= 4 is 18.0 Å². The van der Waals surface area contributed by atoms with Gasteiger partial charge in [-0.25, -0.2) is 0 Å². The SMILES string of the molecule is CC(=O)C[C@](C=O)(CO)NC(C)=O. The lowest BCUT2D eigenvalue weighted by molar-refractivity contribution is -0.129. The summed E-state index contributed by atoms with van der Waals surface area (Å²) in [5.74, 6) is -0.725. The second-order valence-corrected chi connectivity index (χ2v) is 2.99. The third kappa shape index (κ3) is 3.80. The van der Waals surface area contributed by atoms with E-state index in [2.05, 4.69) is 5.32 Å². The number of hydrogen-bond donors (Lipinski definition) is 2. The van der Waals surface area contributed by atoms with Gasteiger partial charge in [0.15, 0.2) is 0 Å². The molecule has 0 saturated carbocycles. The Hall–Kier alpha value is -1.23. The fourth-order valence-corrected chi connectivity index (χ4v) is 1.04. The molecule has 5 nitrogen and oxygen atoms in total. The summed E-state index contributed by atoms with van der Waals surface area (Å²) in [6.07, 6.45) is 0.197. The minimum Gasteiger partial charge on any atom is -0.393 e. The maximum atomic E-state index is 10.7. The van der Waals surface area contributed by atoms with Crippen molar-refractivity contribution in [3.8, 4) is 0 Å². The molecule has 13 heavy (non-hydrogen) atoms. The smallest absolute Gasteiger partial charge is 0.217 e. The molecule has 2 N–H and O–H groups in total. The number of rotatable bonds is 5. The maximum absolute atomic E-state index is 10.7. The number of amides is 1. The van der Waals surface area contributed by atoms with Gasteiger partial charge in [0, 0.05) is 13.3 Å². The van der Waals surface area contributed by atoms with Crippen LogP contribution in [0.1, 0.15) is 20.3 Å². The van der Waals surface area contributed by atoms with Crippen molar-refractivity contribution in [3.63, 3.8) is 0 Å². The minimum absolute atomic E-state index is 0.188. The zero-order chi connectivity index (χ0) is 10.5. The van der Waals surface area contributed by atoms with Gasteiger partial charge >= 0.3 is 0 Å². The Bertz CT molecular complexity index is 208. The molecular weight excluding hydrogens is 174 g/mol. The van der Waals surface area contributed by atoms with Gasteiger partial charge < -0.3 is 15.2 Å². The van der Waals surface area contributed by atoms with Crippen molar-refractivity contribution in [1.82, 2.24) is 5.32 Å². The van der Waals surface area contributed by atoms with Crippen LogP contribution in [0.4, 0.5) is 0 Å². The van der Waals surface area contributed by atoms with Gasteiger partial charge in [0.05, 0.1) is 6.61 Å². The number of carbonyl (C=O) groups is 3. The van der Waals surface area contributed by atoms with E-state index in [4.69, 9.17) is 5.11 Å². The zero-order valence-corrected chi connectivity index (χ0v) is 7.66. The van der Waals surface area contributed by atoms with Crippen LogP contribution in [0.25, 0.3) is 0 Å². The third-order valence-corrected chi connectivity index (χ3v) is 1.50. The Kier molecular flexibility index (Phi) is 4.27. The summed E-state index contributed by atoms with van der Waals surface area (Å²) < 4.78 is 0. The molecule has 0 spiro atoms. The number of aliphatic hydroxyl groups is 1. The molecule has 0 saturated heterocycles. The van der Waals surface area contributed by atoms with E-state index in [1.807, 2.05) is 0 Å². The van der Waals surface area contributed by atoms with Crippen molar-refractivity contribution in [3.05, 3.63) is 0 Å². The fourth-order valence-electron chi connectivity index (χ4n) is 1.04. The second-order valence-electron chi connectivity index (χ2n) is 2.99. The van der Waals surface area contributed by atoms with Gasteiger partial charge in [-0.3, -0.25) is 9.59 Å². The Morgan fingerprint density at radius 3 is 2.23 bits per heavy atom. The van der Waals surface area contributed by atoms with Gasteiger partial charge in [0.2, 0.25) is 5.91 Å². The third-order valence-electron chi connectivity index (χ3n) is 1.50. The highest BCUT2D eigenvalue weighted by Gasteiger charge is 2.31. The first-order valence-corrected chi connectivity index (χ1v) is 3.81. The van der Waals surface area contributed by atoms with Crippen LogP contribution < -0.4 is 5.32 Å². The monoisotopic (exact) mass is 187 g/mol. The summed E-state index contributed by atoms with van der Waals surface area (Å²) in [7, 11) is 0. The molecule has 1 amide bonds. The molecule has 0 bridgehead atoms. The van der Waals surface area contributed by atoms with E-state index < -0.39 is 18.1 Å². The van der Waals surface area contributed by atoms with Gasteiger partial charge in [-0.05, 0) is 6.92 Å². The predicted octanol–water partition coefficient (Wildman–Crippen LogP) is -0.968. The molecular formula is C8H13NO4. The average molecular weight is 187 g/mol. The molecule has 0 aliphatic heterocycles. The lowest BCUT2D eigenvalue weighted by Crippen LogP contribution is -2.53. The molecule has 0 aromatic rings. The number of ketones is 1. The molecule has 0 heterocycles. The highest BCUT2D eigenvalue weighted by molar-refractivity contribution is 5.86. The Morgan fingerprint density at radius 1 is 1.46 bits per heavy atom. The molecule has 0 unspecified atom stereocenters. The highest BCUT2D eigenvalue weighted by Crippen LogP contribution is 2.06. The summed E-state index contributed by atoms with van der Waals surface area (Å²) in [5, 5.41) is 11.1. The van der Waals surface area contributed by atoms with Crippen LogP contribution in [0.5, 0.6) is 0 Å². The second kappa shape index (κ2) is 4.71. The van der Waals surface area contributed by atoms with E-state index in [1.165, 1.54) is 13.8 Å². The van der Waals surface area contributed by atoms with Crippen LogP contribution in [0.15, 0.2) is 0 Å². The standard InChI is InChI=1S/C8H13NO4/c1-6(12)3-8(4-10,5-11)9-7(2)13/h4,11H,3,5H2,1-2H3,(H,9,13)/t8-/m0/s1. The zero-order valence-electron chi connectivity index (χ0n) is 7.66. The lowest BCUT2D eigenvalue weighted by atomic mass is 9.96. The van der Waals surface area contributed by atoms with Gasteiger partial charge in [0.25, 0.3) is 0 Å². The van der Waals surface area contributed by atoms with Crippen molar-refractivity contribution in [2.24, 2.45) is 0 Å². The fraction of sp³-hybridized carbons (Fsp3) is 0.625. The molecule has 0 rings (SSSR count). The van der Waals surface area contributed by atoms with Crippen LogP contribution >= 0.6 is 0 Å². The molecule has 0 aromatic carbocycles. The van der Waals surface area contributed by atoms with Crippen molar-refractivity contribution in [1.29, 1.82) is 0 Å². The van der Waals surface area contributed by atoms with Gasteiger partial charge in [-0.15, -0.1) is 0 Å². The van der Waals surface area contributed by atoms with Gasteiger partial charge in [-0.1, -0.05) is 0 Å². The van der Waals surface area contributed by atoms with Crippen molar-refractivity contribution in [2.75, 3.05) is 6.61 Å². The first-order valence-electron chi connectivity index (χ1n) is 3.81. The molecule has 74 valence electrons. The summed E-state index contributed by atoms with van der Waals surface area (Å²) in [6.45, 7) is 1.93. The molecule has 0 aliphatic carbocycles. The number of nitrogens with one attached hydrogen (secondary N) is 1. The number of Topliss-reactive ketones (excluding diaryl/α,β-unsaturated/α-hetero) is 1. The van der Waals surface area contributed by atoms with E-state index in [-0.39, 0.29) is 12.2 Å². The van der Waals surface area contributed by atoms with E-state index in [9.17, 15) is 14.4 Å². The summed E-state index contributed by atoms with van der Waals surface area (Å²) >= 11 is 0. The highest BCUT2D eigenvalue weighted by atomic mass is 16.3. The molecule has 0 fully saturated rings. The Morgan fingerprint density at radius 2 is 2.00 bits per heavy atom. The molecule has 0 radical (unpaired) electrons. The van der Waals surface area contributed by atoms with Crippen LogP contribution in [0.2, 0.25) is 0 Å². The normalized spacial score (nSPS) is 14.4. The average Bonchev–Trinajstić information content (AvgIpc) is 2.01. The van der Waals surface area contributed by atoms with Gasteiger partial charge in [-0.2, -0.15) is 0 Å². The maximum Gasteiger partial charge on any atom is 0.217 e. The number of aliphatic hydroxyl groups excluding tert-OH is 1. The topological polar surface area (TPSA) is 83.5 Å². The first kappa shape index (κ1) is 11.8. The van der Waals surface area contributed by atoms with Crippen molar-refractivity contribution < 1.29 is 19.5 Å². The molecule has 0 aliphatic rings. The molecule has 1 atom stereocenters. The minimum atomic E-state index is -1.45. The van der Waals surface area contributed by atoms with E-state index >= 15 is 0 Å². The Balaban J connectivity index is 4.58. The van der Waals surface area contributed by atoms with Crippen LogP contribution in [0.3, 0.4) is 0 Å². The molecule has 5 heteroatoms. The molecule has 0 aromatic heterocycles. The van der Waals surface area contributed by atoms with Crippen LogP contribution in [-0.4, -0.2) is 35.2 Å². The van der Waals surface area contributed by atoms with E-state index in [0.717, 1.165) is 0 Å². The van der Waals surface area contributed by atoms with Gasteiger partial charge in [0.1, 0.15) is 17.6 Å². The Labute approximate surface area is 76.1 Å². The van der Waals surface area contributed by atoms with Crippen LogP contribution in [0, 0.1) is 0 Å². The quantitative estimate of drug-likeness (QED) is 0.542. The van der Waals surface area contributed by atoms with E-state index in [0.29, 0.717) is 6.29 Å². The summed E-state index contributed by atoms with van der Waals surface area (Å²) in [5.41, 5.74) is -1.45. The van der Waals surface area contributed by atoms with Crippen molar-refractivity contribution in [2.45, 2.75) is 25.8 Å². The predicted molar refractivity (Wildman–Crippen MR) is 45.0 cm³/mol. The number of hydrogen-bond acceptors (Lipinski definition) is 4. The summed E-state index contributed by atoms with van der Waals surface area (Å²) in [4.78, 5) is 32.0. The van der Waals surface area contributed by atoms with Crippen LogP contribution in [-0.2, 0) is 14.4 Å². The number of aldehydes is 1. The largest absolute Gasteiger partial charge is 0.393 e. The van der Waals surface area contributed by atoms with E-state index in [1.54, 1.807) is 0 Å².